The van der Waals surface area contributed by atoms with Crippen molar-refractivity contribution in [3.05, 3.63) is 35.1 Å². The minimum Gasteiger partial charge on any atom is -0.444 e. The first kappa shape index (κ1) is 17.2. The third-order valence-electron chi connectivity index (χ3n) is 3.54. The van der Waals surface area contributed by atoms with Crippen LogP contribution >= 0.6 is 0 Å². The average Bonchev–Trinajstić information content (AvgIpc) is 2.79. The van der Waals surface area contributed by atoms with Crippen LogP contribution in [0.2, 0.25) is 0 Å². The van der Waals surface area contributed by atoms with Gasteiger partial charge >= 0.3 is 6.09 Å². The Balaban J connectivity index is 1.77. The Kier molecular flexibility index (Phi) is 5.23. The number of fused-ring (bicyclic) bond motifs is 1. The summed E-state index contributed by atoms with van der Waals surface area (Å²) < 4.78 is 18.4. The van der Waals surface area contributed by atoms with Gasteiger partial charge in [-0.15, -0.1) is 0 Å². The molecule has 126 valence electrons. The summed E-state index contributed by atoms with van der Waals surface area (Å²) in [5, 5.41) is 5.43. The van der Waals surface area contributed by atoms with Crippen LogP contribution in [0.5, 0.6) is 0 Å². The standard InChI is InChI=1S/C17H23FN2O3/c1-17(2,3)23-16(22)19-9-8-15(21)20-14-7-5-11-4-6-12(18)10-13(11)14/h4,6,10,14H,5,7-9H2,1-3H3,(H,19,22)(H,20,21)/t14-/m0/s1. The first-order valence-electron chi connectivity index (χ1n) is 7.79. The maximum absolute atomic E-state index is 13.3. The van der Waals surface area contributed by atoms with Crippen LogP contribution in [0.4, 0.5) is 9.18 Å². The van der Waals surface area contributed by atoms with Crippen LogP contribution < -0.4 is 10.6 Å². The van der Waals surface area contributed by atoms with Crippen molar-refractivity contribution in [3.8, 4) is 0 Å². The molecular formula is C17H23FN2O3. The fraction of sp³-hybridized carbons (Fsp3) is 0.529. The van der Waals surface area contributed by atoms with E-state index in [1.54, 1.807) is 26.8 Å². The number of aryl methyl sites for hydroxylation is 1. The molecule has 0 saturated heterocycles. The number of hydrogen-bond acceptors (Lipinski definition) is 3. The van der Waals surface area contributed by atoms with Crippen molar-refractivity contribution in [1.82, 2.24) is 10.6 Å². The minimum absolute atomic E-state index is 0.153. The van der Waals surface area contributed by atoms with E-state index in [2.05, 4.69) is 10.6 Å². The second-order valence-corrected chi connectivity index (χ2v) is 6.68. The summed E-state index contributed by atoms with van der Waals surface area (Å²) in [7, 11) is 0. The lowest BCUT2D eigenvalue weighted by Gasteiger charge is -2.19. The Bertz CT molecular complexity index is 596. The van der Waals surface area contributed by atoms with Gasteiger partial charge in [-0.1, -0.05) is 6.07 Å². The van der Waals surface area contributed by atoms with Gasteiger partial charge in [0, 0.05) is 13.0 Å². The number of halogens is 1. The molecule has 2 rings (SSSR count). The molecule has 0 bridgehead atoms. The number of amides is 2. The number of nitrogens with one attached hydrogen (secondary N) is 2. The molecule has 1 aromatic rings. The molecule has 0 aromatic heterocycles. The number of rotatable bonds is 4. The summed E-state index contributed by atoms with van der Waals surface area (Å²) >= 11 is 0. The van der Waals surface area contributed by atoms with Crippen LogP contribution in [-0.2, 0) is 16.0 Å². The van der Waals surface area contributed by atoms with Crippen molar-refractivity contribution >= 4 is 12.0 Å². The maximum atomic E-state index is 13.3. The van der Waals surface area contributed by atoms with Gasteiger partial charge in [-0.25, -0.2) is 9.18 Å². The molecule has 1 atom stereocenters. The topological polar surface area (TPSA) is 67.4 Å². The number of benzene rings is 1. The number of ether oxygens (including phenoxy) is 1. The first-order valence-corrected chi connectivity index (χ1v) is 7.79. The van der Waals surface area contributed by atoms with Crippen LogP contribution in [0.15, 0.2) is 18.2 Å². The van der Waals surface area contributed by atoms with E-state index in [0.717, 1.165) is 24.0 Å². The van der Waals surface area contributed by atoms with Crippen LogP contribution in [0.25, 0.3) is 0 Å². The number of carbonyl (C=O) groups excluding carboxylic acids is 2. The van der Waals surface area contributed by atoms with Gasteiger partial charge in [0.05, 0.1) is 6.04 Å². The van der Waals surface area contributed by atoms with Crippen molar-refractivity contribution in [2.45, 2.75) is 51.7 Å². The summed E-state index contributed by atoms with van der Waals surface area (Å²) in [4.78, 5) is 23.4. The van der Waals surface area contributed by atoms with E-state index in [9.17, 15) is 14.0 Å². The molecule has 0 aliphatic heterocycles. The zero-order valence-electron chi connectivity index (χ0n) is 13.7. The van der Waals surface area contributed by atoms with E-state index < -0.39 is 11.7 Å². The van der Waals surface area contributed by atoms with E-state index in [1.807, 2.05) is 0 Å². The van der Waals surface area contributed by atoms with Crippen LogP contribution in [0.1, 0.15) is 50.8 Å². The Labute approximate surface area is 135 Å². The molecule has 0 saturated carbocycles. The van der Waals surface area contributed by atoms with Gasteiger partial charge in [-0.2, -0.15) is 0 Å². The van der Waals surface area contributed by atoms with Crippen molar-refractivity contribution in [1.29, 1.82) is 0 Å². The van der Waals surface area contributed by atoms with Crippen molar-refractivity contribution in [3.63, 3.8) is 0 Å². The molecule has 0 radical (unpaired) electrons. The smallest absolute Gasteiger partial charge is 0.407 e. The lowest BCUT2D eigenvalue weighted by atomic mass is 10.1. The van der Waals surface area contributed by atoms with Gasteiger partial charge < -0.3 is 15.4 Å². The normalized spacial score (nSPS) is 16.6. The largest absolute Gasteiger partial charge is 0.444 e. The highest BCUT2D eigenvalue weighted by Crippen LogP contribution is 2.31. The molecule has 6 heteroatoms. The molecule has 0 unspecified atom stereocenters. The molecule has 2 N–H and O–H groups in total. The molecule has 1 aliphatic carbocycles. The first-order chi connectivity index (χ1) is 10.7. The fourth-order valence-electron chi connectivity index (χ4n) is 2.58. The summed E-state index contributed by atoms with van der Waals surface area (Å²) in [6.07, 6.45) is 1.21. The molecule has 1 aliphatic rings. The molecule has 0 heterocycles. The minimum atomic E-state index is -0.566. The van der Waals surface area contributed by atoms with E-state index in [4.69, 9.17) is 4.74 Å². The van der Waals surface area contributed by atoms with Gasteiger partial charge in [0.1, 0.15) is 11.4 Å². The van der Waals surface area contributed by atoms with E-state index in [-0.39, 0.29) is 30.7 Å². The third-order valence-corrected chi connectivity index (χ3v) is 3.54. The maximum Gasteiger partial charge on any atom is 0.407 e. The monoisotopic (exact) mass is 322 g/mol. The van der Waals surface area contributed by atoms with Crippen LogP contribution in [0.3, 0.4) is 0 Å². The summed E-state index contributed by atoms with van der Waals surface area (Å²) in [6.45, 7) is 5.52. The van der Waals surface area contributed by atoms with Crippen molar-refractivity contribution < 1.29 is 18.7 Å². The molecule has 0 fully saturated rings. The SMILES string of the molecule is CC(C)(C)OC(=O)NCCC(=O)N[C@H]1CCc2ccc(F)cc21. The van der Waals surface area contributed by atoms with E-state index in [1.165, 1.54) is 12.1 Å². The van der Waals surface area contributed by atoms with Gasteiger partial charge in [-0.05, 0) is 56.9 Å². The number of carbonyl (C=O) groups is 2. The molecule has 0 spiro atoms. The molecule has 5 nitrogen and oxygen atoms in total. The van der Waals surface area contributed by atoms with Crippen LogP contribution in [0, 0.1) is 5.82 Å². The number of alkyl carbamates (subject to hydrolysis) is 1. The van der Waals surface area contributed by atoms with Gasteiger partial charge in [0.25, 0.3) is 0 Å². The van der Waals surface area contributed by atoms with E-state index >= 15 is 0 Å². The second kappa shape index (κ2) is 6.98. The lowest BCUT2D eigenvalue weighted by molar-refractivity contribution is -0.121. The van der Waals surface area contributed by atoms with Crippen molar-refractivity contribution in [2.24, 2.45) is 0 Å². The molecule has 1 aromatic carbocycles. The summed E-state index contributed by atoms with van der Waals surface area (Å²) in [5.74, 6) is -0.473. The third kappa shape index (κ3) is 5.23. The van der Waals surface area contributed by atoms with Gasteiger partial charge in [0.2, 0.25) is 5.91 Å². The Morgan fingerprint density at radius 1 is 1.35 bits per heavy atom. The van der Waals surface area contributed by atoms with E-state index in [0.29, 0.717) is 0 Å². The average molecular weight is 322 g/mol. The second-order valence-electron chi connectivity index (χ2n) is 6.68. The summed E-state index contributed by atoms with van der Waals surface area (Å²) in [5.41, 5.74) is 1.35. The highest BCUT2D eigenvalue weighted by atomic mass is 19.1. The highest BCUT2D eigenvalue weighted by molar-refractivity contribution is 5.77. The fourth-order valence-corrected chi connectivity index (χ4v) is 2.58. The zero-order valence-corrected chi connectivity index (χ0v) is 13.7. The zero-order chi connectivity index (χ0) is 17.0. The quantitative estimate of drug-likeness (QED) is 0.896. The lowest BCUT2D eigenvalue weighted by Crippen LogP contribution is -2.35. The van der Waals surface area contributed by atoms with Crippen molar-refractivity contribution in [2.75, 3.05) is 6.54 Å². The Hall–Kier alpha value is -2.11. The predicted octanol–water partition coefficient (Wildman–Crippen LogP) is 2.84. The van der Waals surface area contributed by atoms with Gasteiger partial charge in [-0.3, -0.25) is 4.79 Å². The molecule has 2 amide bonds. The number of hydrogen-bond donors (Lipinski definition) is 2. The molecule has 23 heavy (non-hydrogen) atoms. The summed E-state index contributed by atoms with van der Waals surface area (Å²) in [6, 6.07) is 4.52. The Morgan fingerprint density at radius 3 is 2.78 bits per heavy atom. The molecular weight excluding hydrogens is 299 g/mol. The predicted molar refractivity (Wildman–Crippen MR) is 84.5 cm³/mol. The van der Waals surface area contributed by atoms with Gasteiger partial charge in [0.15, 0.2) is 0 Å². The highest BCUT2D eigenvalue weighted by Gasteiger charge is 2.24. The Morgan fingerprint density at radius 2 is 2.09 bits per heavy atom. The van der Waals surface area contributed by atoms with Crippen LogP contribution in [-0.4, -0.2) is 24.1 Å².